The molecule has 1 heterocycles. The van der Waals surface area contributed by atoms with Gasteiger partial charge in [0, 0.05) is 17.3 Å². The number of nitrogens with one attached hydrogen (secondary N) is 4. The molecule has 0 spiro atoms. The van der Waals surface area contributed by atoms with Gasteiger partial charge in [-0.1, -0.05) is 48.5 Å². The molecule has 3 rings (SSSR count). The monoisotopic (exact) mass is 410 g/mol. The second-order valence-electron chi connectivity index (χ2n) is 8.43. The van der Waals surface area contributed by atoms with Crippen molar-refractivity contribution < 1.29 is 19.4 Å². The summed E-state index contributed by atoms with van der Waals surface area (Å²) in [6, 6.07) is 18.1. The summed E-state index contributed by atoms with van der Waals surface area (Å²) >= 11 is 0. The van der Waals surface area contributed by atoms with Gasteiger partial charge >= 0.3 is 0 Å². The Bertz CT molecular complexity index is 845. The second kappa shape index (κ2) is 10.4. The molecule has 0 aliphatic carbocycles. The van der Waals surface area contributed by atoms with E-state index < -0.39 is 0 Å². The first-order valence-corrected chi connectivity index (χ1v) is 10.9. The van der Waals surface area contributed by atoms with Crippen LogP contribution in [-0.4, -0.2) is 56.6 Å². The van der Waals surface area contributed by atoms with Crippen molar-refractivity contribution >= 4 is 17.5 Å². The molecule has 1 fully saturated rings. The molecule has 1 aliphatic rings. The Labute approximate surface area is 179 Å². The van der Waals surface area contributed by atoms with Crippen LogP contribution < -0.4 is 20.4 Å². The van der Waals surface area contributed by atoms with E-state index in [1.165, 1.54) is 9.80 Å². The smallest absolute Gasteiger partial charge is 0.282 e. The van der Waals surface area contributed by atoms with E-state index >= 15 is 0 Å². The van der Waals surface area contributed by atoms with Crippen molar-refractivity contribution in [1.29, 1.82) is 0 Å². The predicted molar refractivity (Wildman–Crippen MR) is 120 cm³/mol. The van der Waals surface area contributed by atoms with Crippen LogP contribution in [0.4, 0.5) is 5.69 Å². The zero-order valence-electron chi connectivity index (χ0n) is 18.2. The van der Waals surface area contributed by atoms with Crippen molar-refractivity contribution in [3.8, 4) is 11.1 Å². The topological polar surface area (TPSA) is 67.1 Å². The van der Waals surface area contributed by atoms with Crippen LogP contribution in [0.3, 0.4) is 0 Å². The average Bonchev–Trinajstić information content (AvgIpc) is 2.74. The molecule has 1 atom stereocenters. The third kappa shape index (κ3) is 5.90. The number of quaternary nitrogens is 2. The average molecular weight is 411 g/mol. The van der Waals surface area contributed by atoms with E-state index in [4.69, 9.17) is 0 Å². The molecule has 0 saturated carbocycles. The number of benzene rings is 2. The van der Waals surface area contributed by atoms with E-state index in [1.807, 2.05) is 63.2 Å². The maximum Gasteiger partial charge on any atom is 0.282 e. The molecule has 0 aromatic heterocycles. The van der Waals surface area contributed by atoms with Crippen LogP contribution in [-0.2, 0) is 9.59 Å². The Morgan fingerprint density at radius 2 is 1.53 bits per heavy atom. The highest BCUT2D eigenvalue weighted by Gasteiger charge is 2.32. The molecule has 30 heavy (non-hydrogen) atoms. The van der Waals surface area contributed by atoms with Crippen molar-refractivity contribution in [2.24, 2.45) is 0 Å². The second-order valence-corrected chi connectivity index (χ2v) is 8.43. The number of rotatable bonds is 7. The lowest BCUT2D eigenvalue weighted by molar-refractivity contribution is -1.01. The molecule has 160 valence electrons. The molecule has 2 aromatic carbocycles. The number of hydrogen-bond donors (Lipinski definition) is 4. The number of para-hydroxylation sites is 1. The first kappa shape index (κ1) is 22.0. The number of anilines is 1. The maximum absolute atomic E-state index is 13.0. The molecule has 6 heteroatoms. The van der Waals surface area contributed by atoms with E-state index in [1.54, 1.807) is 0 Å². The van der Waals surface area contributed by atoms with Crippen LogP contribution in [0.5, 0.6) is 0 Å². The van der Waals surface area contributed by atoms with E-state index in [-0.39, 0.29) is 23.9 Å². The highest BCUT2D eigenvalue weighted by Crippen LogP contribution is 2.27. The van der Waals surface area contributed by atoms with Crippen molar-refractivity contribution in [3.05, 3.63) is 54.6 Å². The highest BCUT2D eigenvalue weighted by molar-refractivity contribution is 5.97. The lowest BCUT2D eigenvalue weighted by Crippen LogP contribution is -3.30. The predicted octanol–water partition coefficient (Wildman–Crippen LogP) is -0.0114. The minimum Gasteiger partial charge on any atom is -0.349 e. The van der Waals surface area contributed by atoms with Crippen molar-refractivity contribution in [1.82, 2.24) is 5.32 Å². The molecule has 2 amide bonds. The molecular weight excluding hydrogens is 376 g/mol. The maximum atomic E-state index is 13.0. The molecule has 0 bridgehead atoms. The zero-order valence-corrected chi connectivity index (χ0v) is 18.2. The fraction of sp³-hybridized carbons (Fsp3) is 0.417. The summed E-state index contributed by atoms with van der Waals surface area (Å²) in [5, 5.41) is 6.10. The lowest BCUT2D eigenvalue weighted by atomic mass is 10.0. The Morgan fingerprint density at radius 3 is 2.20 bits per heavy atom. The molecule has 1 saturated heterocycles. The number of piperazine rings is 1. The first-order valence-electron chi connectivity index (χ1n) is 10.9. The number of hydrogen-bond acceptors (Lipinski definition) is 2. The van der Waals surface area contributed by atoms with Crippen LogP contribution in [0.2, 0.25) is 0 Å². The van der Waals surface area contributed by atoms with Gasteiger partial charge in [0.25, 0.3) is 11.8 Å². The lowest BCUT2D eigenvalue weighted by Gasteiger charge is -2.32. The molecule has 4 N–H and O–H groups in total. The van der Waals surface area contributed by atoms with Gasteiger partial charge in [0.2, 0.25) is 0 Å². The Hall–Kier alpha value is -2.70. The van der Waals surface area contributed by atoms with Gasteiger partial charge in [-0.15, -0.1) is 0 Å². The summed E-state index contributed by atoms with van der Waals surface area (Å²) in [7, 11) is 0. The summed E-state index contributed by atoms with van der Waals surface area (Å²) in [6.45, 7) is 10.0. The summed E-state index contributed by atoms with van der Waals surface area (Å²) < 4.78 is 0. The fourth-order valence-corrected chi connectivity index (χ4v) is 4.02. The van der Waals surface area contributed by atoms with Crippen LogP contribution in [0.25, 0.3) is 11.1 Å². The van der Waals surface area contributed by atoms with E-state index in [0.29, 0.717) is 6.54 Å². The summed E-state index contributed by atoms with van der Waals surface area (Å²) in [6.07, 6.45) is 0. The van der Waals surface area contributed by atoms with Gasteiger partial charge in [-0.2, -0.15) is 0 Å². The summed E-state index contributed by atoms with van der Waals surface area (Å²) in [5.41, 5.74) is 2.96. The Kier molecular flexibility index (Phi) is 7.60. The Balaban J connectivity index is 1.56. The first-order chi connectivity index (χ1) is 14.4. The number of amides is 2. The van der Waals surface area contributed by atoms with Gasteiger partial charge < -0.3 is 20.4 Å². The summed E-state index contributed by atoms with van der Waals surface area (Å²) in [4.78, 5) is 27.5. The fourth-order valence-electron chi connectivity index (χ4n) is 4.02. The van der Waals surface area contributed by atoms with Crippen LogP contribution in [0.1, 0.15) is 20.8 Å². The molecule has 0 radical (unpaired) electrons. The van der Waals surface area contributed by atoms with Crippen molar-refractivity contribution in [3.63, 3.8) is 0 Å². The minimum absolute atomic E-state index is 0.0365. The molecule has 2 aromatic rings. The van der Waals surface area contributed by atoms with Gasteiger partial charge in [-0.3, -0.25) is 9.59 Å². The molecule has 6 nitrogen and oxygen atoms in total. The van der Waals surface area contributed by atoms with Gasteiger partial charge in [-0.05, 0) is 32.4 Å². The van der Waals surface area contributed by atoms with Gasteiger partial charge in [0.1, 0.15) is 26.2 Å². The highest BCUT2D eigenvalue weighted by atomic mass is 16.2. The van der Waals surface area contributed by atoms with Crippen molar-refractivity contribution in [2.75, 3.05) is 38.0 Å². The van der Waals surface area contributed by atoms with Gasteiger partial charge in [0.05, 0.1) is 0 Å². The number of carbonyl (C=O) groups excluding carboxylic acids is 2. The zero-order chi connectivity index (χ0) is 21.5. The quantitative estimate of drug-likeness (QED) is 0.519. The molecule has 0 unspecified atom stereocenters. The van der Waals surface area contributed by atoms with Crippen LogP contribution in [0.15, 0.2) is 54.6 Å². The van der Waals surface area contributed by atoms with E-state index in [2.05, 4.69) is 22.8 Å². The van der Waals surface area contributed by atoms with Crippen molar-refractivity contribution in [2.45, 2.75) is 32.9 Å². The number of carbonyl (C=O) groups is 2. The van der Waals surface area contributed by atoms with Gasteiger partial charge in [-0.25, -0.2) is 0 Å². The van der Waals surface area contributed by atoms with E-state index in [0.717, 1.165) is 43.0 Å². The SMILES string of the molecule is CC(C)NC(=O)C[NH+]1CC[NH+]([C@@H](C)C(=O)Nc2ccccc2-c2ccccc2)CC1. The van der Waals surface area contributed by atoms with E-state index in [9.17, 15) is 9.59 Å². The van der Waals surface area contributed by atoms with Crippen LogP contribution in [0, 0.1) is 0 Å². The minimum atomic E-state index is -0.139. The third-order valence-corrected chi connectivity index (χ3v) is 5.73. The molecule has 1 aliphatic heterocycles. The van der Waals surface area contributed by atoms with Crippen LogP contribution >= 0.6 is 0 Å². The van der Waals surface area contributed by atoms with Gasteiger partial charge in [0.15, 0.2) is 12.6 Å². The largest absolute Gasteiger partial charge is 0.349 e. The Morgan fingerprint density at radius 1 is 0.900 bits per heavy atom. The molecular formula is C24H34N4O2+2. The third-order valence-electron chi connectivity index (χ3n) is 5.73. The standard InChI is InChI=1S/C24H32N4O2/c1-18(2)25-23(29)17-27-13-15-28(16-14-27)19(3)24(30)26-22-12-8-7-11-21(22)20-9-5-4-6-10-20/h4-12,18-19H,13-17H2,1-3H3,(H,25,29)(H,26,30)/p+2/t19-/m0/s1. The normalized spacial score (nSPS) is 19.9. The summed E-state index contributed by atoms with van der Waals surface area (Å²) in [5.74, 6) is 0.140.